The molecule has 2 atom stereocenters. The van der Waals surface area contributed by atoms with Crippen LogP contribution >= 0.6 is 0 Å². The highest BCUT2D eigenvalue weighted by molar-refractivity contribution is 7.89. The second-order valence-corrected chi connectivity index (χ2v) is 8.32. The lowest BCUT2D eigenvalue weighted by Gasteiger charge is -2.14. The molecule has 146 valence electrons. The zero-order valence-corrected chi connectivity index (χ0v) is 16.5. The standard InChI is InChI=1S/C21H23N3O3S/c1-15(17-9-5-3-6-10-17)23-21(25)20-13-19(14-22-20)28(26,27)24-16(2)18-11-7-4-8-12-18/h3-16,22,24H,1-2H3,(H,23,25)/t15-,16+/m0/s1. The van der Waals surface area contributed by atoms with Gasteiger partial charge in [-0.3, -0.25) is 4.79 Å². The maximum Gasteiger partial charge on any atom is 0.268 e. The van der Waals surface area contributed by atoms with Crippen LogP contribution in [0.5, 0.6) is 0 Å². The molecular formula is C21H23N3O3S. The van der Waals surface area contributed by atoms with Crippen LogP contribution in [0.1, 0.15) is 47.5 Å². The molecule has 0 aliphatic carbocycles. The number of amides is 1. The highest BCUT2D eigenvalue weighted by Crippen LogP contribution is 2.18. The predicted octanol–water partition coefficient (Wildman–Crippen LogP) is 3.55. The maximum absolute atomic E-state index is 12.6. The van der Waals surface area contributed by atoms with Crippen molar-refractivity contribution in [3.63, 3.8) is 0 Å². The molecule has 1 amide bonds. The molecule has 0 fully saturated rings. The van der Waals surface area contributed by atoms with Crippen molar-refractivity contribution in [3.05, 3.63) is 89.7 Å². The zero-order valence-electron chi connectivity index (χ0n) is 15.7. The lowest BCUT2D eigenvalue weighted by Crippen LogP contribution is -2.27. The topological polar surface area (TPSA) is 91.1 Å². The lowest BCUT2D eigenvalue weighted by molar-refractivity contribution is 0.0935. The molecule has 3 rings (SSSR count). The van der Waals surface area contributed by atoms with Crippen molar-refractivity contribution in [1.29, 1.82) is 0 Å². The SMILES string of the molecule is C[C@H](NC(=O)c1cc(S(=O)(=O)N[C@H](C)c2ccccc2)c[nH]1)c1ccccc1. The van der Waals surface area contributed by atoms with Gasteiger partial charge in [-0.1, -0.05) is 60.7 Å². The van der Waals surface area contributed by atoms with Gasteiger partial charge in [0.05, 0.1) is 6.04 Å². The van der Waals surface area contributed by atoms with Gasteiger partial charge in [-0.25, -0.2) is 13.1 Å². The summed E-state index contributed by atoms with van der Waals surface area (Å²) in [6, 6.07) is 19.6. The number of carbonyl (C=O) groups is 1. The van der Waals surface area contributed by atoms with Crippen LogP contribution in [0, 0.1) is 0 Å². The quantitative estimate of drug-likeness (QED) is 0.569. The van der Waals surface area contributed by atoms with E-state index in [2.05, 4.69) is 15.0 Å². The third kappa shape index (κ3) is 4.68. The number of hydrogen-bond donors (Lipinski definition) is 3. The molecule has 0 radical (unpaired) electrons. The first-order chi connectivity index (χ1) is 13.4. The van der Waals surface area contributed by atoms with Gasteiger partial charge < -0.3 is 10.3 Å². The second-order valence-electron chi connectivity index (χ2n) is 6.61. The molecule has 0 bridgehead atoms. The number of hydrogen-bond acceptors (Lipinski definition) is 3. The number of rotatable bonds is 7. The van der Waals surface area contributed by atoms with Crippen LogP contribution < -0.4 is 10.0 Å². The Hall–Kier alpha value is -2.90. The maximum atomic E-state index is 12.6. The van der Waals surface area contributed by atoms with Crippen LogP contribution in [0.4, 0.5) is 0 Å². The van der Waals surface area contributed by atoms with Gasteiger partial charge in [-0.05, 0) is 31.0 Å². The van der Waals surface area contributed by atoms with Gasteiger partial charge in [0.2, 0.25) is 10.0 Å². The monoisotopic (exact) mass is 397 g/mol. The van der Waals surface area contributed by atoms with Crippen LogP contribution in [0.3, 0.4) is 0 Å². The van der Waals surface area contributed by atoms with Gasteiger partial charge in [0.15, 0.2) is 0 Å². The second kappa shape index (κ2) is 8.41. The molecule has 1 heterocycles. The summed E-state index contributed by atoms with van der Waals surface area (Å²) >= 11 is 0. The Balaban J connectivity index is 1.69. The number of H-pyrrole nitrogens is 1. The molecule has 3 N–H and O–H groups in total. The average molecular weight is 398 g/mol. The van der Waals surface area contributed by atoms with E-state index in [9.17, 15) is 13.2 Å². The fourth-order valence-electron chi connectivity index (χ4n) is 2.87. The fraction of sp³-hybridized carbons (Fsp3) is 0.190. The molecule has 0 spiro atoms. The van der Waals surface area contributed by atoms with Gasteiger partial charge in [0, 0.05) is 12.2 Å². The molecule has 3 aromatic rings. The molecule has 28 heavy (non-hydrogen) atoms. The summed E-state index contributed by atoms with van der Waals surface area (Å²) in [7, 11) is -3.76. The van der Waals surface area contributed by atoms with Crippen molar-refractivity contribution in [1.82, 2.24) is 15.0 Å². The van der Waals surface area contributed by atoms with Crippen molar-refractivity contribution in [2.75, 3.05) is 0 Å². The molecule has 2 aromatic carbocycles. The minimum Gasteiger partial charge on any atom is -0.356 e. The molecule has 0 saturated carbocycles. The van der Waals surface area contributed by atoms with E-state index in [0.29, 0.717) is 0 Å². The number of aromatic nitrogens is 1. The first-order valence-electron chi connectivity index (χ1n) is 8.98. The van der Waals surface area contributed by atoms with E-state index in [1.807, 2.05) is 67.6 Å². The van der Waals surface area contributed by atoms with Gasteiger partial charge in [-0.2, -0.15) is 0 Å². The molecule has 0 aliphatic heterocycles. The van der Waals surface area contributed by atoms with Crippen LogP contribution in [-0.4, -0.2) is 19.3 Å². The van der Waals surface area contributed by atoms with E-state index >= 15 is 0 Å². The van der Waals surface area contributed by atoms with Crippen LogP contribution in [-0.2, 0) is 10.0 Å². The number of benzene rings is 2. The molecule has 0 saturated heterocycles. The summed E-state index contributed by atoms with van der Waals surface area (Å²) in [5.74, 6) is -0.367. The van der Waals surface area contributed by atoms with E-state index < -0.39 is 16.1 Å². The number of carbonyl (C=O) groups excluding carboxylic acids is 1. The highest BCUT2D eigenvalue weighted by Gasteiger charge is 2.22. The number of aromatic amines is 1. The summed E-state index contributed by atoms with van der Waals surface area (Å²) < 4.78 is 27.9. The summed E-state index contributed by atoms with van der Waals surface area (Å²) in [6.07, 6.45) is 1.32. The Labute approximate surface area is 165 Å². The average Bonchev–Trinajstić information content (AvgIpc) is 3.20. The number of nitrogens with one attached hydrogen (secondary N) is 3. The Bertz CT molecular complexity index is 1030. The first-order valence-corrected chi connectivity index (χ1v) is 10.5. The smallest absolute Gasteiger partial charge is 0.268 e. The highest BCUT2D eigenvalue weighted by atomic mass is 32.2. The zero-order chi connectivity index (χ0) is 20.1. The molecule has 6 nitrogen and oxygen atoms in total. The Morgan fingerprint density at radius 1 is 0.893 bits per heavy atom. The summed E-state index contributed by atoms with van der Waals surface area (Å²) in [5.41, 5.74) is 2.01. The Morgan fingerprint density at radius 2 is 1.43 bits per heavy atom. The van der Waals surface area contributed by atoms with Crippen molar-refractivity contribution in [3.8, 4) is 0 Å². The lowest BCUT2D eigenvalue weighted by atomic mass is 10.1. The van der Waals surface area contributed by atoms with E-state index in [1.54, 1.807) is 6.92 Å². The van der Waals surface area contributed by atoms with E-state index in [-0.39, 0.29) is 22.5 Å². The molecular weight excluding hydrogens is 374 g/mol. The van der Waals surface area contributed by atoms with E-state index in [1.165, 1.54) is 12.3 Å². The van der Waals surface area contributed by atoms with Crippen LogP contribution in [0.15, 0.2) is 77.8 Å². The third-order valence-electron chi connectivity index (χ3n) is 4.49. The summed E-state index contributed by atoms with van der Waals surface area (Å²) in [6.45, 7) is 3.64. The van der Waals surface area contributed by atoms with Crippen molar-refractivity contribution in [2.45, 2.75) is 30.8 Å². The minimum atomic E-state index is -3.76. The van der Waals surface area contributed by atoms with Gasteiger partial charge in [0.25, 0.3) is 5.91 Å². The van der Waals surface area contributed by atoms with E-state index in [0.717, 1.165) is 11.1 Å². The molecule has 7 heteroatoms. The predicted molar refractivity (Wildman–Crippen MR) is 108 cm³/mol. The van der Waals surface area contributed by atoms with Gasteiger partial charge in [-0.15, -0.1) is 0 Å². The van der Waals surface area contributed by atoms with Crippen molar-refractivity contribution < 1.29 is 13.2 Å². The Kier molecular flexibility index (Phi) is 5.96. The third-order valence-corrected chi connectivity index (χ3v) is 6.01. The van der Waals surface area contributed by atoms with Crippen LogP contribution in [0.2, 0.25) is 0 Å². The van der Waals surface area contributed by atoms with E-state index in [4.69, 9.17) is 0 Å². The molecule has 1 aromatic heterocycles. The number of sulfonamides is 1. The minimum absolute atomic E-state index is 0.0211. The van der Waals surface area contributed by atoms with Crippen molar-refractivity contribution >= 4 is 15.9 Å². The summed E-state index contributed by atoms with van der Waals surface area (Å²) in [4.78, 5) is 15.2. The van der Waals surface area contributed by atoms with Gasteiger partial charge >= 0.3 is 0 Å². The fourth-order valence-corrected chi connectivity index (χ4v) is 4.10. The van der Waals surface area contributed by atoms with Gasteiger partial charge in [0.1, 0.15) is 10.6 Å². The van der Waals surface area contributed by atoms with Crippen LogP contribution in [0.25, 0.3) is 0 Å². The first kappa shape index (κ1) is 19.9. The Morgan fingerprint density at radius 3 is 2.00 bits per heavy atom. The largest absolute Gasteiger partial charge is 0.356 e. The van der Waals surface area contributed by atoms with Crippen molar-refractivity contribution in [2.24, 2.45) is 0 Å². The normalized spacial score (nSPS) is 13.6. The molecule has 0 aliphatic rings. The summed E-state index contributed by atoms with van der Waals surface area (Å²) in [5, 5.41) is 2.86. The molecule has 0 unspecified atom stereocenters.